The molecular formula is C26H28N4O2. The first-order valence-electron chi connectivity index (χ1n) is 11.0. The van der Waals surface area contributed by atoms with Gasteiger partial charge >= 0.3 is 0 Å². The van der Waals surface area contributed by atoms with E-state index < -0.39 is 0 Å². The number of anilines is 1. The number of aromatic nitrogens is 2. The van der Waals surface area contributed by atoms with Gasteiger partial charge in [0.2, 0.25) is 0 Å². The lowest BCUT2D eigenvalue weighted by molar-refractivity contribution is 0.0742. The number of rotatable bonds is 5. The van der Waals surface area contributed by atoms with Crippen LogP contribution in [0.5, 0.6) is 0 Å². The normalized spacial score (nSPS) is 14.0. The molecule has 164 valence electrons. The van der Waals surface area contributed by atoms with Crippen molar-refractivity contribution in [3.63, 3.8) is 0 Å². The number of piperazine rings is 1. The standard InChI is InChI=1S/C26H28N4O2/c1-18(2)25-27-19(3)17-23(28-25)29-13-15-30(16-14-29)26(32)22-12-8-7-11-21(22)24(31)20-9-5-4-6-10-20/h4-12,17-18H,13-16H2,1-3H3. The van der Waals surface area contributed by atoms with Crippen LogP contribution in [-0.2, 0) is 0 Å². The van der Waals surface area contributed by atoms with Gasteiger partial charge in [0.25, 0.3) is 5.91 Å². The Balaban J connectivity index is 1.50. The minimum absolute atomic E-state index is 0.105. The quantitative estimate of drug-likeness (QED) is 0.573. The monoisotopic (exact) mass is 428 g/mol. The van der Waals surface area contributed by atoms with E-state index in [-0.39, 0.29) is 17.6 Å². The molecule has 1 aliphatic rings. The van der Waals surface area contributed by atoms with Crippen LogP contribution in [0.1, 0.15) is 57.6 Å². The Morgan fingerprint density at radius 1 is 0.844 bits per heavy atom. The fourth-order valence-corrected chi connectivity index (χ4v) is 3.92. The van der Waals surface area contributed by atoms with Gasteiger partial charge in [-0.15, -0.1) is 0 Å². The van der Waals surface area contributed by atoms with Gasteiger partial charge in [-0.3, -0.25) is 9.59 Å². The topological polar surface area (TPSA) is 66.4 Å². The van der Waals surface area contributed by atoms with Crippen LogP contribution in [0, 0.1) is 6.92 Å². The van der Waals surface area contributed by atoms with E-state index in [4.69, 9.17) is 4.98 Å². The molecule has 1 fully saturated rings. The van der Waals surface area contributed by atoms with E-state index in [1.54, 1.807) is 30.3 Å². The minimum Gasteiger partial charge on any atom is -0.353 e. The lowest BCUT2D eigenvalue weighted by atomic mass is 9.97. The number of amides is 1. The van der Waals surface area contributed by atoms with Gasteiger partial charge in [-0.1, -0.05) is 62.4 Å². The first-order valence-corrected chi connectivity index (χ1v) is 11.0. The number of nitrogens with zero attached hydrogens (tertiary/aromatic N) is 4. The molecular weight excluding hydrogens is 400 g/mol. The van der Waals surface area contributed by atoms with Crippen LogP contribution in [0.3, 0.4) is 0 Å². The Labute approximate surface area is 188 Å². The first kappa shape index (κ1) is 21.7. The number of carbonyl (C=O) groups excluding carboxylic acids is 2. The summed E-state index contributed by atoms with van der Waals surface area (Å²) in [6, 6.07) is 18.2. The molecule has 32 heavy (non-hydrogen) atoms. The highest BCUT2D eigenvalue weighted by Crippen LogP contribution is 2.21. The molecule has 0 saturated carbocycles. The fourth-order valence-electron chi connectivity index (χ4n) is 3.92. The number of hydrogen-bond donors (Lipinski definition) is 0. The van der Waals surface area contributed by atoms with Gasteiger partial charge in [0, 0.05) is 55.0 Å². The number of carbonyl (C=O) groups is 2. The maximum absolute atomic E-state index is 13.3. The van der Waals surface area contributed by atoms with E-state index >= 15 is 0 Å². The summed E-state index contributed by atoms with van der Waals surface area (Å²) in [5.41, 5.74) is 2.43. The van der Waals surface area contributed by atoms with Gasteiger partial charge < -0.3 is 9.80 Å². The zero-order valence-electron chi connectivity index (χ0n) is 18.8. The lowest BCUT2D eigenvalue weighted by Crippen LogP contribution is -2.49. The number of aryl methyl sites for hydroxylation is 1. The number of ketones is 1. The second-order valence-corrected chi connectivity index (χ2v) is 8.40. The maximum atomic E-state index is 13.3. The molecule has 0 atom stereocenters. The van der Waals surface area contributed by atoms with Crippen molar-refractivity contribution in [2.24, 2.45) is 0 Å². The third kappa shape index (κ3) is 4.54. The molecule has 2 heterocycles. The second kappa shape index (κ2) is 9.30. The van der Waals surface area contributed by atoms with Crippen LogP contribution in [-0.4, -0.2) is 52.7 Å². The predicted molar refractivity (Wildman–Crippen MR) is 125 cm³/mol. The maximum Gasteiger partial charge on any atom is 0.254 e. The van der Waals surface area contributed by atoms with Gasteiger partial charge in [0.1, 0.15) is 11.6 Å². The molecule has 0 aliphatic carbocycles. The van der Waals surface area contributed by atoms with Crippen LogP contribution in [0.25, 0.3) is 0 Å². The van der Waals surface area contributed by atoms with Crippen LogP contribution in [0.2, 0.25) is 0 Å². The van der Waals surface area contributed by atoms with Crippen LogP contribution in [0.15, 0.2) is 60.7 Å². The molecule has 1 aliphatic heterocycles. The summed E-state index contributed by atoms with van der Waals surface area (Å²) in [4.78, 5) is 39.6. The van der Waals surface area contributed by atoms with E-state index in [2.05, 4.69) is 23.7 Å². The molecule has 1 amide bonds. The van der Waals surface area contributed by atoms with Crippen molar-refractivity contribution in [3.05, 3.63) is 88.9 Å². The van der Waals surface area contributed by atoms with Gasteiger partial charge in [0.15, 0.2) is 5.78 Å². The van der Waals surface area contributed by atoms with E-state index in [1.807, 2.05) is 42.2 Å². The summed E-state index contributed by atoms with van der Waals surface area (Å²) < 4.78 is 0. The largest absolute Gasteiger partial charge is 0.353 e. The fraction of sp³-hybridized carbons (Fsp3) is 0.308. The van der Waals surface area contributed by atoms with E-state index in [1.165, 1.54) is 0 Å². The van der Waals surface area contributed by atoms with Crippen molar-refractivity contribution in [2.75, 3.05) is 31.1 Å². The average molecular weight is 429 g/mol. The van der Waals surface area contributed by atoms with Gasteiger partial charge in [-0.2, -0.15) is 0 Å². The van der Waals surface area contributed by atoms with Crippen LogP contribution < -0.4 is 4.90 Å². The summed E-state index contributed by atoms with van der Waals surface area (Å²) in [5.74, 6) is 1.77. The molecule has 0 radical (unpaired) electrons. The molecule has 6 heteroatoms. The predicted octanol–water partition coefficient (Wildman–Crippen LogP) is 4.10. The Kier molecular flexibility index (Phi) is 6.30. The van der Waals surface area contributed by atoms with Crippen molar-refractivity contribution in [1.29, 1.82) is 0 Å². The van der Waals surface area contributed by atoms with Crippen LogP contribution in [0.4, 0.5) is 5.82 Å². The summed E-state index contributed by atoms with van der Waals surface area (Å²) in [6.45, 7) is 8.69. The molecule has 0 bridgehead atoms. The highest BCUT2D eigenvalue weighted by molar-refractivity contribution is 6.15. The summed E-state index contributed by atoms with van der Waals surface area (Å²) in [7, 11) is 0. The molecule has 0 N–H and O–H groups in total. The van der Waals surface area contributed by atoms with Crippen molar-refractivity contribution < 1.29 is 9.59 Å². The zero-order chi connectivity index (χ0) is 22.7. The Morgan fingerprint density at radius 2 is 1.47 bits per heavy atom. The zero-order valence-corrected chi connectivity index (χ0v) is 18.8. The highest BCUT2D eigenvalue weighted by atomic mass is 16.2. The van der Waals surface area contributed by atoms with Gasteiger partial charge in [-0.25, -0.2) is 9.97 Å². The van der Waals surface area contributed by atoms with E-state index in [0.29, 0.717) is 42.9 Å². The lowest BCUT2D eigenvalue weighted by Gasteiger charge is -2.36. The highest BCUT2D eigenvalue weighted by Gasteiger charge is 2.26. The Bertz CT molecular complexity index is 1120. The molecule has 1 saturated heterocycles. The molecule has 4 rings (SSSR count). The summed E-state index contributed by atoms with van der Waals surface area (Å²) >= 11 is 0. The van der Waals surface area contributed by atoms with E-state index in [9.17, 15) is 9.59 Å². The summed E-state index contributed by atoms with van der Waals surface area (Å²) in [6.07, 6.45) is 0. The molecule has 2 aromatic carbocycles. The average Bonchev–Trinajstić information content (AvgIpc) is 2.83. The SMILES string of the molecule is Cc1cc(N2CCN(C(=O)c3ccccc3C(=O)c3ccccc3)CC2)nc(C(C)C)n1. The Hall–Kier alpha value is -3.54. The first-order chi connectivity index (χ1) is 15.4. The van der Waals surface area contributed by atoms with Crippen molar-refractivity contribution >= 4 is 17.5 Å². The van der Waals surface area contributed by atoms with Crippen molar-refractivity contribution in [1.82, 2.24) is 14.9 Å². The van der Waals surface area contributed by atoms with Gasteiger partial charge in [-0.05, 0) is 13.0 Å². The third-order valence-electron chi connectivity index (χ3n) is 5.70. The summed E-state index contributed by atoms with van der Waals surface area (Å²) in [5, 5.41) is 0. The number of benzene rings is 2. The molecule has 6 nitrogen and oxygen atoms in total. The van der Waals surface area contributed by atoms with E-state index in [0.717, 1.165) is 17.3 Å². The third-order valence-corrected chi connectivity index (χ3v) is 5.70. The second-order valence-electron chi connectivity index (χ2n) is 8.40. The smallest absolute Gasteiger partial charge is 0.254 e. The minimum atomic E-state index is -0.133. The van der Waals surface area contributed by atoms with Crippen molar-refractivity contribution in [2.45, 2.75) is 26.7 Å². The number of hydrogen-bond acceptors (Lipinski definition) is 5. The van der Waals surface area contributed by atoms with Crippen molar-refractivity contribution in [3.8, 4) is 0 Å². The molecule has 0 spiro atoms. The van der Waals surface area contributed by atoms with Crippen LogP contribution >= 0.6 is 0 Å². The molecule has 0 unspecified atom stereocenters. The molecule has 3 aromatic rings. The van der Waals surface area contributed by atoms with Gasteiger partial charge in [0.05, 0.1) is 5.56 Å². The Morgan fingerprint density at radius 3 is 2.12 bits per heavy atom. The molecule has 1 aromatic heterocycles.